The summed E-state index contributed by atoms with van der Waals surface area (Å²) >= 11 is 12.6. The minimum atomic E-state index is 0.774. The number of hydrogen-bond donors (Lipinski definition) is 1. The molecule has 1 aromatic heterocycles. The first kappa shape index (κ1) is 11.9. The predicted octanol–water partition coefficient (Wildman–Crippen LogP) is 5.20. The lowest BCUT2D eigenvalue weighted by Crippen LogP contribution is -1.87. The van der Waals surface area contributed by atoms with Gasteiger partial charge in [0.2, 0.25) is 0 Å². The molecule has 0 bridgehead atoms. The molecule has 0 aliphatic carbocycles. The monoisotopic (exact) mass is 291 g/mol. The fraction of sp³-hybridized carbons (Fsp3) is 0.0714. The maximum absolute atomic E-state index is 5.88. The minimum Gasteiger partial charge on any atom is -0.337 e. The van der Waals surface area contributed by atoms with E-state index in [1.807, 2.05) is 12.1 Å². The van der Waals surface area contributed by atoms with Gasteiger partial charge < -0.3 is 4.98 Å². The van der Waals surface area contributed by atoms with Crippen LogP contribution in [0.1, 0.15) is 11.1 Å². The van der Waals surface area contributed by atoms with Crippen molar-refractivity contribution in [2.45, 2.75) is 6.42 Å². The molecule has 0 aliphatic rings. The van der Waals surface area contributed by atoms with E-state index in [0.717, 1.165) is 20.9 Å². The van der Waals surface area contributed by atoms with Crippen molar-refractivity contribution in [2.24, 2.45) is 0 Å². The third kappa shape index (κ3) is 2.48. The van der Waals surface area contributed by atoms with Gasteiger partial charge in [-0.2, -0.15) is 0 Å². The lowest BCUT2D eigenvalue weighted by Gasteiger charge is -2.02. The van der Waals surface area contributed by atoms with E-state index in [9.17, 15) is 0 Å². The number of aromatic nitrogens is 1. The van der Waals surface area contributed by atoms with Gasteiger partial charge in [0, 0.05) is 5.02 Å². The van der Waals surface area contributed by atoms with Gasteiger partial charge in [-0.05, 0) is 54.0 Å². The second-order valence-corrected chi connectivity index (χ2v) is 6.30. The number of thiazole rings is 1. The molecule has 0 amide bonds. The Hall–Kier alpha value is -1.16. The molecule has 0 saturated heterocycles. The lowest BCUT2D eigenvalue weighted by atomic mass is 10.1. The van der Waals surface area contributed by atoms with Gasteiger partial charge in [0.25, 0.3) is 0 Å². The van der Waals surface area contributed by atoms with Crippen molar-refractivity contribution in [1.82, 2.24) is 4.98 Å². The Bertz CT molecular complexity index is 740. The van der Waals surface area contributed by atoms with Crippen LogP contribution < -0.4 is 0 Å². The van der Waals surface area contributed by atoms with E-state index in [-0.39, 0.29) is 0 Å². The van der Waals surface area contributed by atoms with Gasteiger partial charge in [-0.25, -0.2) is 0 Å². The first-order chi connectivity index (χ1) is 8.70. The summed E-state index contributed by atoms with van der Waals surface area (Å²) in [6.07, 6.45) is 0.906. The Kier molecular flexibility index (Phi) is 3.20. The highest BCUT2D eigenvalue weighted by atomic mass is 35.5. The van der Waals surface area contributed by atoms with Crippen molar-refractivity contribution < 1.29 is 0 Å². The average molecular weight is 292 g/mol. The molecule has 3 rings (SSSR count). The van der Waals surface area contributed by atoms with Crippen LogP contribution in [-0.4, -0.2) is 4.98 Å². The van der Waals surface area contributed by atoms with Crippen LogP contribution in [0.2, 0.25) is 5.02 Å². The number of hydrogen-bond acceptors (Lipinski definition) is 2. The van der Waals surface area contributed by atoms with Gasteiger partial charge in [-0.15, -0.1) is 11.3 Å². The first-order valence-electron chi connectivity index (χ1n) is 5.57. The van der Waals surface area contributed by atoms with Crippen molar-refractivity contribution in [1.29, 1.82) is 0 Å². The molecule has 0 fully saturated rings. The third-order valence-corrected chi connectivity index (χ3v) is 4.27. The van der Waals surface area contributed by atoms with Gasteiger partial charge in [0.1, 0.15) is 0 Å². The topological polar surface area (TPSA) is 15.8 Å². The molecule has 4 heteroatoms. The molecule has 0 atom stereocenters. The van der Waals surface area contributed by atoms with E-state index in [4.69, 9.17) is 23.8 Å². The van der Waals surface area contributed by atoms with E-state index < -0.39 is 0 Å². The molecule has 2 aromatic carbocycles. The number of aromatic amines is 1. The molecule has 3 aromatic rings. The standard InChI is InChI=1S/C14H10ClNS2/c15-11-4-1-9(2-5-11)7-10-3-6-13-12(8-10)16-14(17)18-13/h1-6,8H,7H2,(H,16,17). The van der Waals surface area contributed by atoms with Gasteiger partial charge in [-0.3, -0.25) is 0 Å². The van der Waals surface area contributed by atoms with Crippen LogP contribution in [0.15, 0.2) is 42.5 Å². The molecule has 1 nitrogen and oxygen atoms in total. The Labute approximate surface area is 119 Å². The average Bonchev–Trinajstić information content (AvgIpc) is 2.71. The Morgan fingerprint density at radius 2 is 1.78 bits per heavy atom. The van der Waals surface area contributed by atoms with Gasteiger partial charge in [0.05, 0.1) is 10.2 Å². The summed E-state index contributed by atoms with van der Waals surface area (Å²) in [6.45, 7) is 0. The molecule has 0 radical (unpaired) electrons. The number of H-pyrrole nitrogens is 1. The van der Waals surface area contributed by atoms with Crippen molar-refractivity contribution >= 4 is 45.4 Å². The van der Waals surface area contributed by atoms with Crippen LogP contribution in [0.5, 0.6) is 0 Å². The minimum absolute atomic E-state index is 0.774. The molecule has 18 heavy (non-hydrogen) atoms. The van der Waals surface area contributed by atoms with Crippen LogP contribution in [0.4, 0.5) is 0 Å². The van der Waals surface area contributed by atoms with Crippen LogP contribution in [-0.2, 0) is 6.42 Å². The summed E-state index contributed by atoms with van der Waals surface area (Å²) in [5.41, 5.74) is 3.65. The number of halogens is 1. The molecule has 1 N–H and O–H groups in total. The molecule has 1 heterocycles. The van der Waals surface area contributed by atoms with Crippen LogP contribution in [0.25, 0.3) is 10.2 Å². The normalized spacial score (nSPS) is 10.9. The Morgan fingerprint density at radius 1 is 1.06 bits per heavy atom. The summed E-state index contributed by atoms with van der Waals surface area (Å²) < 4.78 is 2.04. The van der Waals surface area contributed by atoms with Gasteiger partial charge in [-0.1, -0.05) is 29.8 Å². The Morgan fingerprint density at radius 3 is 2.56 bits per heavy atom. The fourth-order valence-corrected chi connectivity index (χ4v) is 3.17. The van der Waals surface area contributed by atoms with Crippen LogP contribution >= 0.6 is 35.2 Å². The molecule has 0 spiro atoms. The number of fused-ring (bicyclic) bond motifs is 1. The number of rotatable bonds is 2. The Balaban J connectivity index is 1.94. The summed E-state index contributed by atoms with van der Waals surface area (Å²) in [6, 6.07) is 14.4. The first-order valence-corrected chi connectivity index (χ1v) is 7.17. The van der Waals surface area contributed by atoms with Crippen LogP contribution in [0, 0.1) is 3.95 Å². The SMILES string of the molecule is S=c1[nH]c2cc(Cc3ccc(Cl)cc3)ccc2s1. The third-order valence-electron chi connectivity index (χ3n) is 2.80. The van der Waals surface area contributed by atoms with Gasteiger partial charge in [0.15, 0.2) is 3.95 Å². The summed E-state index contributed by atoms with van der Waals surface area (Å²) in [7, 11) is 0. The van der Waals surface area contributed by atoms with E-state index in [0.29, 0.717) is 0 Å². The maximum Gasteiger partial charge on any atom is 0.159 e. The van der Waals surface area contributed by atoms with Crippen molar-refractivity contribution in [3.05, 3.63) is 62.6 Å². The van der Waals surface area contributed by atoms with E-state index in [1.54, 1.807) is 11.3 Å². The fourth-order valence-electron chi connectivity index (χ4n) is 1.95. The highest BCUT2D eigenvalue weighted by Gasteiger charge is 2.01. The van der Waals surface area contributed by atoms with Gasteiger partial charge >= 0.3 is 0 Å². The van der Waals surface area contributed by atoms with E-state index in [2.05, 4.69) is 35.3 Å². The number of nitrogens with one attached hydrogen (secondary N) is 1. The van der Waals surface area contributed by atoms with Crippen molar-refractivity contribution in [3.63, 3.8) is 0 Å². The molecule has 0 saturated carbocycles. The van der Waals surface area contributed by atoms with Crippen molar-refractivity contribution in [2.75, 3.05) is 0 Å². The van der Waals surface area contributed by atoms with Crippen LogP contribution in [0.3, 0.4) is 0 Å². The molecular formula is C14H10ClNS2. The zero-order valence-electron chi connectivity index (χ0n) is 9.44. The number of benzene rings is 2. The van der Waals surface area contributed by atoms with E-state index >= 15 is 0 Å². The maximum atomic E-state index is 5.88. The van der Waals surface area contributed by atoms with E-state index in [1.165, 1.54) is 15.8 Å². The largest absolute Gasteiger partial charge is 0.337 e. The smallest absolute Gasteiger partial charge is 0.159 e. The molecule has 0 aliphatic heterocycles. The molecular weight excluding hydrogens is 282 g/mol. The second-order valence-electron chi connectivity index (χ2n) is 4.15. The quantitative estimate of drug-likeness (QED) is 0.641. The lowest BCUT2D eigenvalue weighted by molar-refractivity contribution is 1.20. The predicted molar refractivity (Wildman–Crippen MR) is 81.3 cm³/mol. The summed E-state index contributed by atoms with van der Waals surface area (Å²) in [5, 5.41) is 0.774. The second kappa shape index (κ2) is 4.84. The highest BCUT2D eigenvalue weighted by Crippen LogP contribution is 2.22. The molecule has 0 unspecified atom stereocenters. The summed E-state index contributed by atoms with van der Waals surface area (Å²) in [4.78, 5) is 3.21. The molecule has 90 valence electrons. The zero-order valence-corrected chi connectivity index (χ0v) is 11.8. The zero-order chi connectivity index (χ0) is 12.5. The summed E-state index contributed by atoms with van der Waals surface area (Å²) in [5.74, 6) is 0. The highest BCUT2D eigenvalue weighted by molar-refractivity contribution is 7.73. The van der Waals surface area contributed by atoms with Crippen molar-refractivity contribution in [3.8, 4) is 0 Å².